The molecule has 64 valence electrons. The van der Waals surface area contributed by atoms with E-state index >= 15 is 0 Å². The van der Waals surface area contributed by atoms with Gasteiger partial charge in [0.2, 0.25) is 0 Å². The van der Waals surface area contributed by atoms with E-state index in [9.17, 15) is 0 Å². The maximum Gasteiger partial charge on any atom is 0.0785 e. The summed E-state index contributed by atoms with van der Waals surface area (Å²) in [5.74, 6) is 0. The predicted molar refractivity (Wildman–Crippen MR) is 49.9 cm³/mol. The molecule has 2 heterocycles. The van der Waals surface area contributed by atoms with Crippen LogP contribution in [0.4, 0.5) is 0 Å². The molecule has 2 unspecified atom stereocenters. The van der Waals surface area contributed by atoms with Gasteiger partial charge in [0.15, 0.2) is 0 Å². The van der Waals surface area contributed by atoms with Gasteiger partial charge in [-0.05, 0) is 25.9 Å². The van der Waals surface area contributed by atoms with Gasteiger partial charge in [-0.3, -0.25) is 0 Å². The van der Waals surface area contributed by atoms with Gasteiger partial charge in [-0.25, -0.2) is 0 Å². The van der Waals surface area contributed by atoms with Crippen molar-refractivity contribution < 1.29 is 0 Å². The Balaban J connectivity index is 2.00. The smallest absolute Gasteiger partial charge is 0.0785 e. The summed E-state index contributed by atoms with van der Waals surface area (Å²) in [5.41, 5.74) is 0. The van der Waals surface area contributed by atoms with E-state index in [1.54, 1.807) is 0 Å². The Bertz CT molecular complexity index is 143. The van der Waals surface area contributed by atoms with Gasteiger partial charge in [0, 0.05) is 11.8 Å². The third kappa shape index (κ3) is 1.55. The van der Waals surface area contributed by atoms with E-state index in [1.165, 1.54) is 25.9 Å². The van der Waals surface area contributed by atoms with Crippen LogP contribution < -0.4 is 10.6 Å². The highest BCUT2D eigenvalue weighted by Crippen LogP contribution is 2.36. The lowest BCUT2D eigenvalue weighted by atomic mass is 10.2. The number of hydrogen-bond donors (Lipinski definition) is 2. The molecular formula is C8H16N2S. The molecule has 2 atom stereocenters. The first-order valence-electron chi connectivity index (χ1n) is 4.44. The molecule has 0 aliphatic carbocycles. The van der Waals surface area contributed by atoms with Crippen LogP contribution in [0.3, 0.4) is 0 Å². The lowest BCUT2D eigenvalue weighted by Gasteiger charge is -2.36. The van der Waals surface area contributed by atoms with E-state index in [2.05, 4.69) is 29.3 Å². The minimum Gasteiger partial charge on any atom is -0.314 e. The second kappa shape index (κ2) is 2.96. The molecule has 2 aliphatic rings. The monoisotopic (exact) mass is 172 g/mol. The maximum atomic E-state index is 3.63. The molecule has 2 fully saturated rings. The summed E-state index contributed by atoms with van der Waals surface area (Å²) in [5, 5.41) is 7.89. The van der Waals surface area contributed by atoms with E-state index in [0.29, 0.717) is 4.87 Å². The van der Waals surface area contributed by atoms with E-state index in [-0.39, 0.29) is 0 Å². The predicted octanol–water partition coefficient (Wildman–Crippen LogP) is 0.791. The molecule has 0 radical (unpaired) electrons. The van der Waals surface area contributed by atoms with Crippen LogP contribution in [-0.2, 0) is 0 Å². The topological polar surface area (TPSA) is 24.1 Å². The fourth-order valence-corrected chi connectivity index (χ4v) is 3.51. The van der Waals surface area contributed by atoms with Crippen molar-refractivity contribution in [2.45, 2.75) is 29.9 Å². The van der Waals surface area contributed by atoms with Crippen LogP contribution in [0.25, 0.3) is 0 Å². The minimum atomic E-state index is 0.400. The first kappa shape index (κ1) is 7.90. The van der Waals surface area contributed by atoms with Crippen molar-refractivity contribution >= 4 is 11.8 Å². The van der Waals surface area contributed by atoms with Crippen LogP contribution in [0.5, 0.6) is 0 Å². The molecule has 1 spiro atoms. The number of hydrogen-bond acceptors (Lipinski definition) is 3. The zero-order chi connectivity index (χ0) is 7.73. The molecule has 3 heteroatoms. The molecule has 0 aromatic rings. The largest absolute Gasteiger partial charge is 0.314 e. The third-order valence-electron chi connectivity index (χ3n) is 2.54. The van der Waals surface area contributed by atoms with Gasteiger partial charge in [-0.1, -0.05) is 6.92 Å². The molecule has 0 aromatic carbocycles. The Morgan fingerprint density at radius 1 is 1.45 bits per heavy atom. The summed E-state index contributed by atoms with van der Waals surface area (Å²) >= 11 is 2.12. The lowest BCUT2D eigenvalue weighted by Crippen LogP contribution is -2.49. The fourth-order valence-electron chi connectivity index (χ4n) is 1.91. The molecule has 2 nitrogen and oxygen atoms in total. The van der Waals surface area contributed by atoms with Crippen molar-refractivity contribution in [1.29, 1.82) is 0 Å². The van der Waals surface area contributed by atoms with Gasteiger partial charge in [-0.15, -0.1) is 11.8 Å². The summed E-state index contributed by atoms with van der Waals surface area (Å²) in [7, 11) is 0. The van der Waals surface area contributed by atoms with Gasteiger partial charge in [0.25, 0.3) is 0 Å². The number of nitrogens with one attached hydrogen (secondary N) is 2. The van der Waals surface area contributed by atoms with Crippen LogP contribution in [0, 0.1) is 0 Å². The van der Waals surface area contributed by atoms with Crippen molar-refractivity contribution in [2.24, 2.45) is 0 Å². The van der Waals surface area contributed by atoms with E-state index in [4.69, 9.17) is 0 Å². The van der Waals surface area contributed by atoms with E-state index < -0.39 is 0 Å². The molecule has 2 N–H and O–H groups in total. The SMILES string of the molecule is CC1CCNC2(CCNC2)S1. The quantitative estimate of drug-likeness (QED) is 0.565. The molecule has 0 aromatic heterocycles. The van der Waals surface area contributed by atoms with Crippen LogP contribution in [0.15, 0.2) is 0 Å². The highest BCUT2D eigenvalue weighted by Gasteiger charge is 2.37. The van der Waals surface area contributed by atoms with Crippen LogP contribution in [0.2, 0.25) is 0 Å². The van der Waals surface area contributed by atoms with Gasteiger partial charge in [0.1, 0.15) is 0 Å². The van der Waals surface area contributed by atoms with Crippen molar-refractivity contribution in [3.05, 3.63) is 0 Å². The van der Waals surface area contributed by atoms with Crippen LogP contribution in [-0.4, -0.2) is 29.8 Å². The van der Waals surface area contributed by atoms with E-state index in [1.807, 2.05) is 0 Å². The standard InChI is InChI=1S/C8H16N2S/c1-7-2-4-10-8(11-7)3-5-9-6-8/h7,9-10H,2-6H2,1H3. The van der Waals surface area contributed by atoms with Gasteiger partial charge in [0.05, 0.1) is 4.87 Å². The zero-order valence-electron chi connectivity index (χ0n) is 7.02. The molecule has 0 amide bonds. The molecule has 0 bridgehead atoms. The summed E-state index contributed by atoms with van der Waals surface area (Å²) in [6.07, 6.45) is 2.62. The normalized spacial score (nSPS) is 45.0. The molecule has 2 rings (SSSR count). The van der Waals surface area contributed by atoms with Crippen LogP contribution >= 0.6 is 11.8 Å². The zero-order valence-corrected chi connectivity index (χ0v) is 7.84. The Hall–Kier alpha value is 0.270. The second-order valence-corrected chi connectivity index (χ2v) is 5.39. The van der Waals surface area contributed by atoms with E-state index in [0.717, 1.165) is 11.8 Å². The van der Waals surface area contributed by atoms with Crippen molar-refractivity contribution in [1.82, 2.24) is 10.6 Å². The Morgan fingerprint density at radius 3 is 3.00 bits per heavy atom. The summed E-state index contributed by atoms with van der Waals surface area (Å²) in [4.78, 5) is 0.400. The highest BCUT2D eigenvalue weighted by atomic mass is 32.2. The average molecular weight is 172 g/mol. The molecule has 2 aliphatic heterocycles. The summed E-state index contributed by atoms with van der Waals surface area (Å²) in [6, 6.07) is 0. The third-order valence-corrected chi connectivity index (χ3v) is 4.12. The van der Waals surface area contributed by atoms with Gasteiger partial charge < -0.3 is 10.6 Å². The van der Waals surface area contributed by atoms with Crippen molar-refractivity contribution in [2.75, 3.05) is 19.6 Å². The number of rotatable bonds is 0. The second-order valence-electron chi connectivity index (χ2n) is 3.56. The minimum absolute atomic E-state index is 0.400. The Kier molecular flexibility index (Phi) is 2.12. The van der Waals surface area contributed by atoms with Gasteiger partial charge >= 0.3 is 0 Å². The maximum absolute atomic E-state index is 3.63. The average Bonchev–Trinajstić information content (AvgIpc) is 2.37. The highest BCUT2D eigenvalue weighted by molar-refractivity contribution is 8.01. The van der Waals surface area contributed by atoms with Crippen molar-refractivity contribution in [3.63, 3.8) is 0 Å². The Morgan fingerprint density at radius 2 is 2.36 bits per heavy atom. The Labute approximate surface area is 72.5 Å². The lowest BCUT2D eigenvalue weighted by molar-refractivity contribution is 0.468. The fraction of sp³-hybridized carbons (Fsp3) is 1.00. The summed E-state index contributed by atoms with van der Waals surface area (Å²) < 4.78 is 0. The first-order chi connectivity index (χ1) is 5.31. The molecule has 11 heavy (non-hydrogen) atoms. The molecular weight excluding hydrogens is 156 g/mol. The molecule has 0 saturated carbocycles. The first-order valence-corrected chi connectivity index (χ1v) is 5.32. The van der Waals surface area contributed by atoms with Gasteiger partial charge in [-0.2, -0.15) is 0 Å². The summed E-state index contributed by atoms with van der Waals surface area (Å²) in [6.45, 7) is 5.89. The van der Waals surface area contributed by atoms with Crippen molar-refractivity contribution in [3.8, 4) is 0 Å². The molecule has 2 saturated heterocycles. The number of thioether (sulfide) groups is 1. The van der Waals surface area contributed by atoms with Crippen LogP contribution in [0.1, 0.15) is 19.8 Å².